The van der Waals surface area contributed by atoms with Crippen LogP contribution in [0.1, 0.15) is 114 Å². The molecule has 28 nitrogen and oxygen atoms in total. The van der Waals surface area contributed by atoms with E-state index in [2.05, 4.69) is 34.7 Å². The summed E-state index contributed by atoms with van der Waals surface area (Å²) in [6.07, 6.45) is 7.69. The number of carbonyl (C=O) groups is 6. The van der Waals surface area contributed by atoms with Crippen molar-refractivity contribution in [3.8, 4) is 67.7 Å². The molecular formula is C104H98F11N15O13. The molecule has 39 heteroatoms. The van der Waals surface area contributed by atoms with Crippen molar-refractivity contribution in [3.63, 3.8) is 0 Å². The van der Waals surface area contributed by atoms with Crippen LogP contribution >= 0.6 is 0 Å². The minimum atomic E-state index is -2.93. The lowest BCUT2D eigenvalue weighted by atomic mass is 9.85. The monoisotopic (exact) mass is 1970 g/mol. The van der Waals surface area contributed by atoms with Gasteiger partial charge in [0.2, 0.25) is 17.7 Å². The van der Waals surface area contributed by atoms with E-state index in [1.807, 2.05) is 27.7 Å². The Morgan fingerprint density at radius 3 is 0.979 bits per heavy atom. The van der Waals surface area contributed by atoms with Crippen LogP contribution in [-0.4, -0.2) is 208 Å². The number of aromatic nitrogens is 6. The summed E-state index contributed by atoms with van der Waals surface area (Å²) in [6, 6.07) is 15.1. The number of hydrogen-bond donors (Lipinski definition) is 4. The van der Waals surface area contributed by atoms with Crippen molar-refractivity contribution in [2.45, 2.75) is 136 Å². The van der Waals surface area contributed by atoms with Gasteiger partial charge in [-0.2, -0.15) is 0 Å². The van der Waals surface area contributed by atoms with Crippen molar-refractivity contribution in [2.75, 3.05) is 103 Å². The number of rotatable bonds is 14. The minimum absolute atomic E-state index is 0.0466. The number of fused-ring (bicyclic) bond motifs is 15. The van der Waals surface area contributed by atoms with E-state index < -0.39 is 233 Å². The fraction of sp³-hybridized carbons (Fsp3) is 0.308. The number of halogens is 11. The van der Waals surface area contributed by atoms with Gasteiger partial charge in [0.15, 0.2) is 28.5 Å². The number of nitrogens with zero attached hydrogens (tertiary/aromatic N) is 15. The van der Waals surface area contributed by atoms with Gasteiger partial charge in [-0.05, 0) is 167 Å². The van der Waals surface area contributed by atoms with Gasteiger partial charge in [-0.15, -0.1) is 0 Å². The molecule has 0 aliphatic carbocycles. The van der Waals surface area contributed by atoms with Crippen molar-refractivity contribution < 1.29 is 97.5 Å². The molecule has 12 heterocycles. The highest BCUT2D eigenvalue weighted by molar-refractivity contribution is 6.18. The summed E-state index contributed by atoms with van der Waals surface area (Å²) in [5.74, 6) is -21.7. The first-order chi connectivity index (χ1) is 67.6. The number of hydrogen-bond acceptors (Lipinski definition) is 19. The molecule has 3 fully saturated rings. The quantitative estimate of drug-likeness (QED) is 0.0446. The fourth-order valence-electron chi connectivity index (χ4n) is 20.8. The number of aliphatic hydroxyl groups is 1. The lowest BCUT2D eigenvalue weighted by molar-refractivity contribution is -0.141. The van der Waals surface area contributed by atoms with Gasteiger partial charge in [0, 0.05) is 93.7 Å². The van der Waals surface area contributed by atoms with Crippen LogP contribution in [-0.2, 0) is 28.8 Å². The predicted molar refractivity (Wildman–Crippen MR) is 518 cm³/mol. The molecule has 0 saturated carbocycles. The molecule has 4 N–H and O–H groups in total. The Kier molecular flexibility index (Phi) is 25.9. The molecule has 6 aliphatic rings. The Bertz CT molecular complexity index is 7380. The number of aliphatic hydroxyl groups excluding tert-OH is 1. The third-order valence-corrected chi connectivity index (χ3v) is 27.8. The Morgan fingerprint density at radius 2 is 0.685 bits per heavy atom. The molecule has 6 aromatic carbocycles. The molecule has 18 rings (SSSR count). The summed E-state index contributed by atoms with van der Waals surface area (Å²) >= 11 is 0. The SMILES string of the molecule is C=CC(=O)N1CC2(CF)C(=O)N(C)c3c(c4cc(F)c(-c5c(O)cccc5F)c(F)c4n(-c4c(C)ccnc4C(C)C)c3=O)N2CC1C.C=CC(=O)N1CC2(CO)C(=O)N(C)c3c(c4cc(F)c(-c5c(O)cccc5F)c(F)c4n(-c4c(C)ccnc4C(C)C)c3=O)N2CC1C.C=CC(=O)N1CC2(F)C(=O)N(C)c3c(c4cc(F)c(-c5c(O)cccc5F)c(F)c4n(-c4c(C)ccnc4C(C)C)c3=O)N2CC1C. The minimum Gasteiger partial charge on any atom is -0.507 e. The van der Waals surface area contributed by atoms with Crippen LogP contribution in [0.3, 0.4) is 0 Å². The number of benzene rings is 6. The maximum atomic E-state index is 17.3. The maximum absolute atomic E-state index is 17.3. The molecule has 0 bridgehead atoms. The van der Waals surface area contributed by atoms with Gasteiger partial charge >= 0.3 is 0 Å². The maximum Gasteiger partial charge on any atom is 0.287 e. The van der Waals surface area contributed by atoms with Crippen LogP contribution in [0.15, 0.2) is 162 Å². The zero-order valence-electron chi connectivity index (χ0n) is 80.2. The second-order valence-corrected chi connectivity index (χ2v) is 37.4. The largest absolute Gasteiger partial charge is 0.507 e. The van der Waals surface area contributed by atoms with E-state index in [0.717, 1.165) is 117 Å². The van der Waals surface area contributed by atoms with Crippen molar-refractivity contribution in [2.24, 2.45) is 0 Å². The number of anilines is 6. The Hall–Kier alpha value is -15.6. The van der Waals surface area contributed by atoms with Gasteiger partial charge in [-0.25, -0.2) is 48.3 Å². The molecule has 6 aromatic heterocycles. The number of amides is 6. The van der Waals surface area contributed by atoms with Crippen LogP contribution in [0.2, 0.25) is 0 Å². The van der Waals surface area contributed by atoms with Crippen LogP contribution in [0.5, 0.6) is 17.2 Å². The van der Waals surface area contributed by atoms with Crippen molar-refractivity contribution in [1.29, 1.82) is 0 Å². The molecule has 6 unspecified atom stereocenters. The smallest absolute Gasteiger partial charge is 0.287 e. The molecular weight excluding hydrogens is 1880 g/mol. The van der Waals surface area contributed by atoms with Crippen LogP contribution in [0, 0.1) is 73.1 Å². The van der Waals surface area contributed by atoms with Crippen molar-refractivity contribution in [3.05, 3.63) is 265 Å². The van der Waals surface area contributed by atoms with Crippen LogP contribution < -0.4 is 46.1 Å². The molecule has 744 valence electrons. The predicted octanol–water partition coefficient (Wildman–Crippen LogP) is 15.5. The third kappa shape index (κ3) is 15.2. The lowest BCUT2D eigenvalue weighted by Crippen LogP contribution is -2.75. The van der Waals surface area contributed by atoms with E-state index in [1.165, 1.54) is 71.5 Å². The van der Waals surface area contributed by atoms with Gasteiger partial charge in [0.25, 0.3) is 40.2 Å². The van der Waals surface area contributed by atoms with E-state index in [0.29, 0.717) is 33.8 Å². The molecule has 6 amide bonds. The van der Waals surface area contributed by atoms with Crippen LogP contribution in [0.4, 0.5) is 82.4 Å². The Morgan fingerprint density at radius 1 is 0.406 bits per heavy atom. The summed E-state index contributed by atoms with van der Waals surface area (Å²) in [7, 11) is 3.76. The zero-order valence-corrected chi connectivity index (χ0v) is 80.2. The first-order valence-corrected chi connectivity index (χ1v) is 45.5. The second-order valence-electron chi connectivity index (χ2n) is 37.4. The number of piperazine rings is 3. The average molecular weight is 1970 g/mol. The lowest BCUT2D eigenvalue weighted by Gasteiger charge is -2.56. The highest BCUT2D eigenvalue weighted by atomic mass is 19.2. The summed E-state index contributed by atoms with van der Waals surface area (Å²) in [5.41, 5.74) is -11.3. The molecule has 3 saturated heterocycles. The van der Waals surface area contributed by atoms with Gasteiger partial charge in [0.1, 0.15) is 75.9 Å². The van der Waals surface area contributed by atoms with E-state index >= 15 is 48.3 Å². The summed E-state index contributed by atoms with van der Waals surface area (Å²) in [4.78, 5) is 149. The van der Waals surface area contributed by atoms with Gasteiger partial charge in [-0.3, -0.25) is 71.8 Å². The normalized spacial score (nSPS) is 19.2. The van der Waals surface area contributed by atoms with E-state index in [4.69, 9.17) is 0 Å². The number of aromatic hydroxyl groups is 3. The molecule has 12 aromatic rings. The van der Waals surface area contributed by atoms with Gasteiger partial charge in [-0.1, -0.05) is 79.5 Å². The summed E-state index contributed by atoms with van der Waals surface area (Å²) in [6.45, 7) is 27.1. The number of phenolic OH excluding ortho intramolecular Hbond substituents is 3. The second kappa shape index (κ2) is 36.8. The number of likely N-dealkylation sites (N-methyl/N-ethyl adjacent to an activating group) is 3. The third-order valence-electron chi connectivity index (χ3n) is 27.8. The highest BCUT2D eigenvalue weighted by Gasteiger charge is 2.62. The number of pyridine rings is 6. The molecule has 0 radical (unpaired) electrons. The topological polar surface area (TPSA) is 317 Å². The number of aryl methyl sites for hydroxylation is 3. The first-order valence-electron chi connectivity index (χ1n) is 45.5. The van der Waals surface area contributed by atoms with Crippen LogP contribution in [0.25, 0.3) is 83.2 Å². The molecule has 143 heavy (non-hydrogen) atoms. The molecule has 0 spiro atoms. The van der Waals surface area contributed by atoms with Crippen molar-refractivity contribution >= 4 is 102 Å². The summed E-state index contributed by atoms with van der Waals surface area (Å²) < 4.78 is 182. The molecule has 6 atom stereocenters. The van der Waals surface area contributed by atoms with Crippen molar-refractivity contribution in [1.82, 2.24) is 43.4 Å². The van der Waals surface area contributed by atoms with Gasteiger partial charge in [0.05, 0.1) is 127 Å². The fourth-order valence-corrected chi connectivity index (χ4v) is 20.8. The van der Waals surface area contributed by atoms with Gasteiger partial charge < -0.3 is 64.5 Å². The highest BCUT2D eigenvalue weighted by Crippen LogP contribution is 2.55. The first kappa shape index (κ1) is 100. The zero-order chi connectivity index (χ0) is 104. The molecule has 6 aliphatic heterocycles. The number of alkyl halides is 2. The van der Waals surface area contributed by atoms with E-state index in [-0.39, 0.29) is 111 Å². The number of phenols is 3. The number of carbonyl (C=O) groups excluding carboxylic acids is 6. The average Bonchev–Trinajstić information content (AvgIpc) is 0.693. The Labute approximate surface area is 810 Å². The standard InChI is InChI=1S/C35H33F4N5O4.C35H34F3N5O5.C34H31F4N5O4/c1-7-24(46)42-16-35(15-36)34(48)41(6)32-31(43(35)14-19(42)5)20-13-22(38)26(25-21(37)9-8-10-23(25)45)27(39)30(20)44(33(32)47)29-18(4)11-12-40-28(29)17(2)3;1-7-24(46)41-15-35(16-44)34(48)40(6)32-31(42(35)14-19(41)5)20-13-22(37)26(25-21(36)9-8-10-23(25)45)27(38)30(20)43(33(32)47)29-18(4)11-12-39-28(29)17(2)3;1-7-23(45)41-15-34(38)33(47)40(6)31-30(42(34)14-18(41)5)19-13-21(36)25(24-20(35)9-8-10-22(24)44)26(37)29(19)43(32(31)46)28-17(4)11-12-39-27(28)16(2)3/h7-13,17,19,45H,1,14-16H2,2-6H3;7-13,17,19,44-45H,1,14-16H2,2-6H3;7-13,16,18,44H,1,14-15H2,2-6H3. The Balaban J connectivity index is 0.000000154. The summed E-state index contributed by atoms with van der Waals surface area (Å²) in [5, 5.41) is 41.9. The van der Waals surface area contributed by atoms with E-state index in [1.54, 1.807) is 73.6 Å². The van der Waals surface area contributed by atoms with E-state index in [9.17, 15) is 63.6 Å².